The SMILES string of the molecule is CCN(Cc1cc(C(F)(F)F)ccc1-c1cc(CC(=O)O)ccc1OC)C(=O)C(C)C. The van der Waals surface area contributed by atoms with Crippen LogP contribution in [0.2, 0.25) is 0 Å². The van der Waals surface area contributed by atoms with Crippen LogP contribution in [0.25, 0.3) is 11.1 Å². The Hall–Kier alpha value is -3.03. The molecule has 0 spiro atoms. The number of halogens is 3. The van der Waals surface area contributed by atoms with Gasteiger partial charge in [0, 0.05) is 24.6 Å². The number of aliphatic carboxylic acids is 1. The van der Waals surface area contributed by atoms with Gasteiger partial charge < -0.3 is 14.7 Å². The predicted molar refractivity (Wildman–Crippen MR) is 111 cm³/mol. The van der Waals surface area contributed by atoms with E-state index in [9.17, 15) is 22.8 Å². The number of nitrogens with zero attached hydrogens (tertiary/aromatic N) is 1. The lowest BCUT2D eigenvalue weighted by atomic mass is 9.94. The summed E-state index contributed by atoms with van der Waals surface area (Å²) in [7, 11) is 1.43. The van der Waals surface area contributed by atoms with E-state index in [1.807, 2.05) is 0 Å². The maximum atomic E-state index is 13.4. The van der Waals surface area contributed by atoms with E-state index < -0.39 is 17.7 Å². The summed E-state index contributed by atoms with van der Waals surface area (Å²) in [5.41, 5.74) is 0.890. The average Bonchev–Trinajstić information content (AvgIpc) is 2.70. The van der Waals surface area contributed by atoms with Gasteiger partial charge in [-0.1, -0.05) is 26.0 Å². The molecule has 0 aliphatic carbocycles. The van der Waals surface area contributed by atoms with Crippen LogP contribution in [-0.4, -0.2) is 35.5 Å². The molecule has 31 heavy (non-hydrogen) atoms. The number of ether oxygens (including phenoxy) is 1. The number of methoxy groups -OCH3 is 1. The molecule has 0 heterocycles. The van der Waals surface area contributed by atoms with Crippen molar-refractivity contribution in [2.75, 3.05) is 13.7 Å². The summed E-state index contributed by atoms with van der Waals surface area (Å²) in [5, 5.41) is 9.10. The smallest absolute Gasteiger partial charge is 0.416 e. The number of rotatable bonds is 8. The number of carbonyl (C=O) groups is 2. The summed E-state index contributed by atoms with van der Waals surface area (Å²) in [6, 6.07) is 8.14. The average molecular weight is 437 g/mol. The quantitative estimate of drug-likeness (QED) is 0.630. The van der Waals surface area contributed by atoms with Gasteiger partial charge in [0.25, 0.3) is 0 Å². The molecule has 0 saturated carbocycles. The Bertz CT molecular complexity index is 954. The number of carboxylic acid groups (broad SMARTS) is 1. The van der Waals surface area contributed by atoms with Crippen LogP contribution in [0.3, 0.4) is 0 Å². The number of hydrogen-bond acceptors (Lipinski definition) is 3. The highest BCUT2D eigenvalue weighted by molar-refractivity contribution is 5.80. The number of carbonyl (C=O) groups excluding carboxylic acids is 1. The lowest BCUT2D eigenvalue weighted by Crippen LogP contribution is -2.33. The van der Waals surface area contributed by atoms with Crippen LogP contribution in [0.4, 0.5) is 13.2 Å². The molecule has 0 aromatic heterocycles. The Morgan fingerprint density at radius 2 is 1.77 bits per heavy atom. The van der Waals surface area contributed by atoms with E-state index in [-0.39, 0.29) is 24.8 Å². The van der Waals surface area contributed by atoms with Gasteiger partial charge in [-0.05, 0) is 47.9 Å². The molecule has 1 amide bonds. The van der Waals surface area contributed by atoms with Crippen LogP contribution in [0.1, 0.15) is 37.5 Å². The molecule has 168 valence electrons. The molecule has 0 atom stereocenters. The second-order valence-corrected chi connectivity index (χ2v) is 7.48. The van der Waals surface area contributed by atoms with Crippen molar-refractivity contribution in [1.82, 2.24) is 4.90 Å². The Balaban J connectivity index is 2.67. The third kappa shape index (κ3) is 5.99. The first-order valence-corrected chi connectivity index (χ1v) is 9.85. The van der Waals surface area contributed by atoms with Crippen LogP contribution in [0.15, 0.2) is 36.4 Å². The minimum atomic E-state index is -4.54. The van der Waals surface area contributed by atoms with Crippen molar-refractivity contribution in [1.29, 1.82) is 0 Å². The zero-order valence-electron chi connectivity index (χ0n) is 17.9. The van der Waals surface area contributed by atoms with Gasteiger partial charge in [-0.3, -0.25) is 9.59 Å². The molecule has 8 heteroatoms. The Morgan fingerprint density at radius 1 is 1.10 bits per heavy atom. The summed E-state index contributed by atoms with van der Waals surface area (Å²) in [6.45, 7) is 5.55. The second kappa shape index (κ2) is 9.85. The van der Waals surface area contributed by atoms with Crippen LogP contribution >= 0.6 is 0 Å². The number of benzene rings is 2. The first-order chi connectivity index (χ1) is 14.5. The zero-order valence-corrected chi connectivity index (χ0v) is 17.9. The fourth-order valence-electron chi connectivity index (χ4n) is 3.33. The standard InChI is InChI=1S/C23H26F3NO4/c1-5-27(22(30)14(2)3)13-16-12-17(23(24,25)26)7-8-18(16)19-10-15(11-21(28)29)6-9-20(19)31-4/h6-10,12,14H,5,11,13H2,1-4H3,(H,28,29). The minimum absolute atomic E-state index is 0.0148. The largest absolute Gasteiger partial charge is 0.496 e. The minimum Gasteiger partial charge on any atom is -0.496 e. The van der Waals surface area contributed by atoms with E-state index in [4.69, 9.17) is 9.84 Å². The summed E-state index contributed by atoms with van der Waals surface area (Å²) in [5.74, 6) is -1.10. The van der Waals surface area contributed by atoms with Gasteiger partial charge in [0.05, 0.1) is 19.1 Å². The highest BCUT2D eigenvalue weighted by Crippen LogP contribution is 2.38. The van der Waals surface area contributed by atoms with Crippen LogP contribution in [0, 0.1) is 5.92 Å². The highest BCUT2D eigenvalue weighted by atomic mass is 19.4. The van der Waals surface area contributed by atoms with Crippen molar-refractivity contribution >= 4 is 11.9 Å². The third-order valence-electron chi connectivity index (χ3n) is 4.89. The number of alkyl halides is 3. The van der Waals surface area contributed by atoms with E-state index in [1.54, 1.807) is 39.0 Å². The zero-order chi connectivity index (χ0) is 23.3. The van der Waals surface area contributed by atoms with Crippen molar-refractivity contribution in [3.05, 3.63) is 53.1 Å². The topological polar surface area (TPSA) is 66.8 Å². The Kier molecular flexibility index (Phi) is 7.70. The van der Waals surface area contributed by atoms with Crippen molar-refractivity contribution < 1.29 is 32.6 Å². The molecule has 2 rings (SSSR count). The van der Waals surface area contributed by atoms with Gasteiger partial charge >= 0.3 is 12.1 Å². The fraction of sp³-hybridized carbons (Fsp3) is 0.391. The van der Waals surface area contributed by atoms with Gasteiger partial charge in [-0.2, -0.15) is 13.2 Å². The van der Waals surface area contributed by atoms with Gasteiger partial charge in [0.15, 0.2) is 0 Å². The van der Waals surface area contributed by atoms with Crippen molar-refractivity contribution in [3.8, 4) is 16.9 Å². The summed E-state index contributed by atoms with van der Waals surface area (Å²) >= 11 is 0. The predicted octanol–water partition coefficient (Wildman–Crippen LogP) is 5.01. The molecule has 0 bridgehead atoms. The molecule has 2 aromatic rings. The summed E-state index contributed by atoms with van der Waals surface area (Å²) in [4.78, 5) is 25.1. The van der Waals surface area contributed by atoms with Crippen LogP contribution in [-0.2, 0) is 28.7 Å². The normalized spacial score (nSPS) is 11.5. The van der Waals surface area contributed by atoms with Gasteiger partial charge in [-0.25, -0.2) is 0 Å². The van der Waals surface area contributed by atoms with E-state index in [1.165, 1.54) is 18.1 Å². The lowest BCUT2D eigenvalue weighted by Gasteiger charge is -2.25. The molecule has 2 aromatic carbocycles. The van der Waals surface area contributed by atoms with E-state index >= 15 is 0 Å². The number of amides is 1. The monoisotopic (exact) mass is 437 g/mol. The van der Waals surface area contributed by atoms with E-state index in [0.29, 0.717) is 34.5 Å². The van der Waals surface area contributed by atoms with Gasteiger partial charge in [-0.15, -0.1) is 0 Å². The fourth-order valence-corrected chi connectivity index (χ4v) is 3.33. The maximum Gasteiger partial charge on any atom is 0.416 e. The molecular weight excluding hydrogens is 411 g/mol. The van der Waals surface area contributed by atoms with Crippen LogP contribution < -0.4 is 4.74 Å². The second-order valence-electron chi connectivity index (χ2n) is 7.48. The molecule has 0 aliphatic heterocycles. The highest BCUT2D eigenvalue weighted by Gasteiger charge is 2.31. The molecule has 5 nitrogen and oxygen atoms in total. The third-order valence-corrected chi connectivity index (χ3v) is 4.89. The van der Waals surface area contributed by atoms with E-state index in [0.717, 1.165) is 12.1 Å². The Labute approximate surface area is 179 Å². The lowest BCUT2D eigenvalue weighted by molar-refractivity contribution is -0.138. The Morgan fingerprint density at radius 3 is 2.29 bits per heavy atom. The molecule has 1 N–H and O–H groups in total. The first kappa shape index (κ1) is 24.2. The molecule has 0 saturated heterocycles. The molecular formula is C23H26F3NO4. The molecule has 0 aliphatic rings. The maximum absolute atomic E-state index is 13.4. The van der Waals surface area contributed by atoms with Gasteiger partial charge in [0.1, 0.15) is 5.75 Å². The van der Waals surface area contributed by atoms with E-state index in [2.05, 4.69) is 0 Å². The van der Waals surface area contributed by atoms with Crippen molar-refractivity contribution in [2.45, 2.75) is 39.9 Å². The van der Waals surface area contributed by atoms with Gasteiger partial charge in [0.2, 0.25) is 5.91 Å². The molecule has 0 radical (unpaired) electrons. The molecule has 0 unspecified atom stereocenters. The first-order valence-electron chi connectivity index (χ1n) is 9.85. The van der Waals surface area contributed by atoms with Crippen molar-refractivity contribution in [3.63, 3.8) is 0 Å². The summed E-state index contributed by atoms with van der Waals surface area (Å²) < 4.78 is 45.6. The number of hydrogen-bond donors (Lipinski definition) is 1. The number of carboxylic acids is 1. The summed E-state index contributed by atoms with van der Waals surface area (Å²) in [6.07, 6.45) is -4.78. The molecule has 0 fully saturated rings. The van der Waals surface area contributed by atoms with Crippen LogP contribution in [0.5, 0.6) is 5.75 Å². The van der Waals surface area contributed by atoms with Crippen molar-refractivity contribution in [2.24, 2.45) is 5.92 Å².